The monoisotopic (exact) mass is 283 g/mol. The SMILES string of the molecule is CCC1CN(C(=O)/C=C/c2ccco2)c2ccccc2O1. The molecule has 0 N–H and O–H groups in total. The number of rotatable bonds is 3. The fourth-order valence-corrected chi connectivity index (χ4v) is 2.35. The summed E-state index contributed by atoms with van der Waals surface area (Å²) in [6.45, 7) is 2.62. The maximum atomic E-state index is 12.5. The maximum absolute atomic E-state index is 12.5. The van der Waals surface area contributed by atoms with Crippen LogP contribution in [0.1, 0.15) is 19.1 Å². The molecule has 1 aliphatic rings. The average molecular weight is 283 g/mol. The predicted molar refractivity (Wildman–Crippen MR) is 81.2 cm³/mol. The number of hydrogen-bond acceptors (Lipinski definition) is 3. The van der Waals surface area contributed by atoms with Crippen molar-refractivity contribution in [3.8, 4) is 5.75 Å². The number of carbonyl (C=O) groups excluding carboxylic acids is 1. The summed E-state index contributed by atoms with van der Waals surface area (Å²) >= 11 is 0. The zero-order chi connectivity index (χ0) is 14.7. The minimum atomic E-state index is -0.0689. The number of carbonyl (C=O) groups is 1. The van der Waals surface area contributed by atoms with E-state index in [4.69, 9.17) is 9.15 Å². The largest absolute Gasteiger partial charge is 0.486 e. The Morgan fingerprint density at radius 3 is 2.95 bits per heavy atom. The minimum absolute atomic E-state index is 0.0286. The quantitative estimate of drug-likeness (QED) is 0.810. The Bertz CT molecular complexity index is 646. The lowest BCUT2D eigenvalue weighted by molar-refractivity contribution is -0.114. The van der Waals surface area contributed by atoms with E-state index in [9.17, 15) is 4.79 Å². The molecule has 1 amide bonds. The van der Waals surface area contributed by atoms with Gasteiger partial charge in [0.05, 0.1) is 18.5 Å². The number of benzene rings is 1. The summed E-state index contributed by atoms with van der Waals surface area (Å²) in [4.78, 5) is 14.2. The van der Waals surface area contributed by atoms with Crippen LogP contribution in [0.2, 0.25) is 0 Å². The Morgan fingerprint density at radius 2 is 2.19 bits per heavy atom. The number of para-hydroxylation sites is 2. The van der Waals surface area contributed by atoms with Crippen LogP contribution in [0.4, 0.5) is 5.69 Å². The minimum Gasteiger partial charge on any atom is -0.486 e. The van der Waals surface area contributed by atoms with E-state index in [0.717, 1.165) is 17.9 Å². The molecule has 0 radical (unpaired) electrons. The molecule has 1 atom stereocenters. The third-order valence-electron chi connectivity index (χ3n) is 3.49. The van der Waals surface area contributed by atoms with Crippen LogP contribution in [0.3, 0.4) is 0 Å². The number of nitrogens with zero attached hydrogens (tertiary/aromatic N) is 1. The molecular weight excluding hydrogens is 266 g/mol. The summed E-state index contributed by atoms with van der Waals surface area (Å²) in [6, 6.07) is 11.2. The van der Waals surface area contributed by atoms with Crippen LogP contribution in [0.25, 0.3) is 6.08 Å². The van der Waals surface area contributed by atoms with Gasteiger partial charge in [0.2, 0.25) is 0 Å². The van der Waals surface area contributed by atoms with Gasteiger partial charge in [0.15, 0.2) is 0 Å². The predicted octanol–water partition coefficient (Wildman–Crippen LogP) is 3.50. The van der Waals surface area contributed by atoms with Crippen LogP contribution < -0.4 is 9.64 Å². The van der Waals surface area contributed by atoms with E-state index in [1.165, 1.54) is 6.08 Å². The van der Waals surface area contributed by atoms with Gasteiger partial charge in [0.1, 0.15) is 17.6 Å². The van der Waals surface area contributed by atoms with Gasteiger partial charge in [-0.1, -0.05) is 19.1 Å². The van der Waals surface area contributed by atoms with Crippen LogP contribution >= 0.6 is 0 Å². The summed E-state index contributed by atoms with van der Waals surface area (Å²) in [5.41, 5.74) is 0.816. The molecule has 0 bridgehead atoms. The van der Waals surface area contributed by atoms with Crippen molar-refractivity contribution in [2.24, 2.45) is 0 Å². The van der Waals surface area contributed by atoms with Gasteiger partial charge in [-0.2, -0.15) is 0 Å². The average Bonchev–Trinajstić information content (AvgIpc) is 3.05. The first kappa shape index (κ1) is 13.5. The number of fused-ring (bicyclic) bond motifs is 1. The molecule has 0 aliphatic carbocycles. The normalized spacial score (nSPS) is 17.6. The van der Waals surface area contributed by atoms with Gasteiger partial charge in [-0.25, -0.2) is 0 Å². The van der Waals surface area contributed by atoms with E-state index >= 15 is 0 Å². The van der Waals surface area contributed by atoms with Gasteiger partial charge in [-0.3, -0.25) is 4.79 Å². The zero-order valence-electron chi connectivity index (χ0n) is 11.9. The van der Waals surface area contributed by atoms with Crippen molar-refractivity contribution in [1.82, 2.24) is 0 Å². The summed E-state index contributed by atoms with van der Waals surface area (Å²) in [5, 5.41) is 0. The highest BCUT2D eigenvalue weighted by Gasteiger charge is 2.27. The smallest absolute Gasteiger partial charge is 0.251 e. The Hall–Kier alpha value is -2.49. The summed E-state index contributed by atoms with van der Waals surface area (Å²) in [7, 11) is 0. The van der Waals surface area contributed by atoms with Gasteiger partial charge in [0, 0.05) is 6.08 Å². The van der Waals surface area contributed by atoms with Crippen molar-refractivity contribution in [3.63, 3.8) is 0 Å². The summed E-state index contributed by atoms with van der Waals surface area (Å²) < 4.78 is 11.1. The van der Waals surface area contributed by atoms with Crippen LogP contribution in [0, 0.1) is 0 Å². The highest BCUT2D eigenvalue weighted by Crippen LogP contribution is 2.33. The molecule has 0 spiro atoms. The topological polar surface area (TPSA) is 42.7 Å². The molecule has 1 aliphatic heterocycles. The van der Waals surface area contributed by atoms with Crippen LogP contribution in [-0.4, -0.2) is 18.6 Å². The first-order valence-electron chi connectivity index (χ1n) is 7.06. The van der Waals surface area contributed by atoms with Crippen LogP contribution in [0.5, 0.6) is 5.75 Å². The zero-order valence-corrected chi connectivity index (χ0v) is 11.9. The molecule has 2 aromatic rings. The number of anilines is 1. The van der Waals surface area contributed by atoms with E-state index < -0.39 is 0 Å². The van der Waals surface area contributed by atoms with Gasteiger partial charge in [-0.05, 0) is 36.8 Å². The maximum Gasteiger partial charge on any atom is 0.251 e. The van der Waals surface area contributed by atoms with Crippen molar-refractivity contribution in [2.45, 2.75) is 19.4 Å². The second kappa shape index (κ2) is 5.87. The lowest BCUT2D eigenvalue weighted by atomic mass is 10.1. The molecule has 1 aromatic heterocycles. The van der Waals surface area contributed by atoms with Gasteiger partial charge in [-0.15, -0.1) is 0 Å². The molecule has 0 saturated carbocycles. The lowest BCUT2D eigenvalue weighted by Crippen LogP contribution is -2.42. The van der Waals surface area contributed by atoms with Gasteiger partial charge < -0.3 is 14.1 Å². The summed E-state index contributed by atoms with van der Waals surface area (Å²) in [5.74, 6) is 1.35. The third kappa shape index (κ3) is 2.84. The lowest BCUT2D eigenvalue weighted by Gasteiger charge is -2.34. The number of furan rings is 1. The van der Waals surface area contributed by atoms with E-state index in [2.05, 4.69) is 6.92 Å². The molecule has 0 fully saturated rings. The Morgan fingerprint density at radius 1 is 1.33 bits per heavy atom. The van der Waals surface area contributed by atoms with Gasteiger partial charge >= 0.3 is 0 Å². The molecule has 1 aromatic carbocycles. The van der Waals surface area contributed by atoms with Crippen molar-refractivity contribution in [3.05, 3.63) is 54.5 Å². The van der Waals surface area contributed by atoms with E-state index in [1.807, 2.05) is 30.3 Å². The number of amides is 1. The van der Waals surface area contributed by atoms with E-state index in [0.29, 0.717) is 12.3 Å². The van der Waals surface area contributed by atoms with E-state index in [1.54, 1.807) is 23.3 Å². The molecular formula is C17H17NO3. The molecule has 1 unspecified atom stereocenters. The highest BCUT2D eigenvalue weighted by atomic mass is 16.5. The standard InChI is InChI=1S/C17H17NO3/c1-2-13-12-18(15-7-3-4-8-16(15)21-13)17(19)10-9-14-6-5-11-20-14/h3-11,13H,2,12H2,1H3/b10-9+. The Kier molecular flexibility index (Phi) is 3.77. The first-order chi connectivity index (χ1) is 10.3. The number of ether oxygens (including phenoxy) is 1. The number of hydrogen-bond donors (Lipinski definition) is 0. The van der Waals surface area contributed by atoms with Crippen molar-refractivity contribution < 1.29 is 13.9 Å². The highest BCUT2D eigenvalue weighted by molar-refractivity contribution is 6.04. The Balaban J connectivity index is 1.85. The molecule has 4 nitrogen and oxygen atoms in total. The molecule has 21 heavy (non-hydrogen) atoms. The fraction of sp³-hybridized carbons (Fsp3) is 0.235. The second-order valence-electron chi connectivity index (χ2n) is 4.91. The van der Waals surface area contributed by atoms with E-state index in [-0.39, 0.29) is 12.0 Å². The second-order valence-corrected chi connectivity index (χ2v) is 4.91. The molecule has 4 heteroatoms. The molecule has 3 rings (SSSR count). The fourth-order valence-electron chi connectivity index (χ4n) is 2.35. The van der Waals surface area contributed by atoms with Crippen molar-refractivity contribution in [2.75, 3.05) is 11.4 Å². The molecule has 108 valence electrons. The molecule has 2 heterocycles. The third-order valence-corrected chi connectivity index (χ3v) is 3.49. The van der Waals surface area contributed by atoms with Crippen molar-refractivity contribution >= 4 is 17.7 Å². The molecule has 0 saturated heterocycles. The van der Waals surface area contributed by atoms with Gasteiger partial charge in [0.25, 0.3) is 5.91 Å². The van der Waals surface area contributed by atoms with Crippen LogP contribution in [-0.2, 0) is 4.79 Å². The summed E-state index contributed by atoms with van der Waals surface area (Å²) in [6.07, 6.45) is 5.69. The van der Waals surface area contributed by atoms with Crippen molar-refractivity contribution in [1.29, 1.82) is 0 Å². The van der Waals surface area contributed by atoms with Crippen LogP contribution in [0.15, 0.2) is 53.2 Å². The Labute approximate surface area is 123 Å². The first-order valence-corrected chi connectivity index (χ1v) is 7.06.